The highest BCUT2D eigenvalue weighted by molar-refractivity contribution is 7.12. The highest BCUT2D eigenvalue weighted by Gasteiger charge is 2.24. The molecule has 1 fully saturated rings. The molecule has 0 radical (unpaired) electrons. The summed E-state index contributed by atoms with van der Waals surface area (Å²) < 4.78 is 0. The van der Waals surface area contributed by atoms with Gasteiger partial charge in [-0.25, -0.2) is 0 Å². The van der Waals surface area contributed by atoms with Crippen molar-refractivity contribution in [1.82, 2.24) is 9.80 Å². The summed E-state index contributed by atoms with van der Waals surface area (Å²) in [6, 6.07) is 4.45. The lowest BCUT2D eigenvalue weighted by Crippen LogP contribution is -2.50. The highest BCUT2D eigenvalue weighted by atomic mass is 32.1. The average Bonchev–Trinajstić information content (AvgIpc) is 2.87. The number of rotatable bonds is 3. The van der Waals surface area contributed by atoms with Gasteiger partial charge in [-0.2, -0.15) is 0 Å². The minimum Gasteiger partial charge on any atom is -0.384 e. The molecule has 5 heteroatoms. The Labute approximate surface area is 131 Å². The average molecular weight is 310 g/mol. The van der Waals surface area contributed by atoms with Crippen LogP contribution in [-0.2, 0) is 16.8 Å². The number of nitrogens with zero attached hydrogens (tertiary/aromatic N) is 2. The maximum atomic E-state index is 11.7. The maximum absolute atomic E-state index is 11.7. The first-order valence-corrected chi connectivity index (χ1v) is 8.37. The number of thiophene rings is 1. The molecule has 1 aromatic rings. The van der Waals surface area contributed by atoms with Gasteiger partial charge in [-0.1, -0.05) is 20.8 Å². The van der Waals surface area contributed by atoms with Crippen molar-refractivity contribution in [3.63, 3.8) is 0 Å². The van der Waals surface area contributed by atoms with Gasteiger partial charge in [-0.05, 0) is 24.5 Å². The lowest BCUT2D eigenvalue weighted by molar-refractivity contribution is -0.141. The van der Waals surface area contributed by atoms with Crippen molar-refractivity contribution in [1.29, 1.82) is 0 Å². The van der Waals surface area contributed by atoms with E-state index in [-0.39, 0.29) is 11.3 Å². The Balaban J connectivity index is 1.86. The fourth-order valence-electron chi connectivity index (χ4n) is 2.48. The lowest BCUT2D eigenvalue weighted by Gasteiger charge is -2.35. The van der Waals surface area contributed by atoms with Crippen LogP contribution in [0.2, 0.25) is 0 Å². The number of carbonyl (C=O) groups is 1. The molecule has 0 spiro atoms. The van der Waals surface area contributed by atoms with Crippen LogP contribution in [0, 0.1) is 0 Å². The number of hydrogen-bond acceptors (Lipinski definition) is 4. The summed E-state index contributed by atoms with van der Waals surface area (Å²) in [6.45, 7) is 12.4. The molecule has 2 rings (SSSR count). The monoisotopic (exact) mass is 310 g/mol. The third kappa shape index (κ3) is 4.28. The van der Waals surface area contributed by atoms with Gasteiger partial charge in [0.15, 0.2) is 0 Å². The molecule has 1 saturated heterocycles. The molecular formula is C16H26N2O2S. The third-order valence-electron chi connectivity index (χ3n) is 3.82. The Morgan fingerprint density at radius 1 is 1.29 bits per heavy atom. The van der Waals surface area contributed by atoms with E-state index in [0.717, 1.165) is 19.6 Å². The number of amides is 1. The van der Waals surface area contributed by atoms with E-state index >= 15 is 0 Å². The van der Waals surface area contributed by atoms with Crippen LogP contribution >= 0.6 is 11.3 Å². The lowest BCUT2D eigenvalue weighted by atomic mass is 9.95. The van der Waals surface area contributed by atoms with Crippen LogP contribution in [-0.4, -0.2) is 53.1 Å². The van der Waals surface area contributed by atoms with E-state index in [1.165, 1.54) is 16.7 Å². The van der Waals surface area contributed by atoms with Crippen LogP contribution in [0.3, 0.4) is 0 Å². The SMILES string of the molecule is CC(O)C(=O)N1CCN(Cc2ccc(C(C)(C)C)s2)CC1. The summed E-state index contributed by atoms with van der Waals surface area (Å²) in [6.07, 6.45) is -0.886. The molecule has 1 unspecified atom stereocenters. The molecule has 21 heavy (non-hydrogen) atoms. The van der Waals surface area contributed by atoms with Crippen molar-refractivity contribution >= 4 is 17.2 Å². The van der Waals surface area contributed by atoms with Gasteiger partial charge in [-0.3, -0.25) is 9.69 Å². The minimum absolute atomic E-state index is 0.152. The molecule has 0 saturated carbocycles. The molecule has 4 nitrogen and oxygen atoms in total. The summed E-state index contributed by atoms with van der Waals surface area (Å²) in [5, 5.41) is 9.35. The van der Waals surface area contributed by atoms with Gasteiger partial charge in [0.05, 0.1) is 0 Å². The largest absolute Gasteiger partial charge is 0.384 e. The first-order chi connectivity index (χ1) is 9.77. The molecule has 0 aliphatic carbocycles. The number of hydrogen-bond donors (Lipinski definition) is 1. The highest BCUT2D eigenvalue weighted by Crippen LogP contribution is 2.30. The van der Waals surface area contributed by atoms with E-state index in [0.29, 0.717) is 13.1 Å². The van der Waals surface area contributed by atoms with E-state index in [4.69, 9.17) is 0 Å². The second-order valence-corrected chi connectivity index (χ2v) is 7.96. The Morgan fingerprint density at radius 2 is 1.90 bits per heavy atom. The van der Waals surface area contributed by atoms with Gasteiger partial charge in [0, 0.05) is 42.5 Å². The van der Waals surface area contributed by atoms with Crippen LogP contribution in [0.1, 0.15) is 37.4 Å². The molecule has 0 aromatic carbocycles. The summed E-state index contributed by atoms with van der Waals surface area (Å²) in [5.41, 5.74) is 0.214. The molecule has 0 bridgehead atoms. The number of carbonyl (C=O) groups excluding carboxylic acids is 1. The maximum Gasteiger partial charge on any atom is 0.251 e. The molecule has 1 aromatic heterocycles. The third-order valence-corrected chi connectivity index (χ3v) is 5.32. The quantitative estimate of drug-likeness (QED) is 0.929. The fraction of sp³-hybridized carbons (Fsp3) is 0.688. The van der Waals surface area contributed by atoms with Crippen LogP contribution < -0.4 is 0 Å². The Kier molecular flexibility index (Phi) is 5.07. The summed E-state index contributed by atoms with van der Waals surface area (Å²) in [4.78, 5) is 18.7. The van der Waals surface area contributed by atoms with Crippen molar-refractivity contribution < 1.29 is 9.90 Å². The van der Waals surface area contributed by atoms with E-state index in [1.54, 1.807) is 4.90 Å². The zero-order valence-electron chi connectivity index (χ0n) is 13.4. The second-order valence-electron chi connectivity index (χ2n) is 6.79. The summed E-state index contributed by atoms with van der Waals surface area (Å²) >= 11 is 1.88. The zero-order valence-corrected chi connectivity index (χ0v) is 14.2. The fourth-order valence-corrected chi connectivity index (χ4v) is 3.58. The van der Waals surface area contributed by atoms with Crippen molar-refractivity contribution in [2.45, 2.75) is 45.8 Å². The van der Waals surface area contributed by atoms with Crippen LogP contribution in [0.5, 0.6) is 0 Å². The zero-order chi connectivity index (χ0) is 15.6. The predicted octanol–water partition coefficient (Wildman–Crippen LogP) is 2.07. The van der Waals surface area contributed by atoms with Gasteiger partial charge >= 0.3 is 0 Å². The molecule has 2 heterocycles. The van der Waals surface area contributed by atoms with E-state index in [1.807, 2.05) is 11.3 Å². The van der Waals surface area contributed by atoms with Gasteiger partial charge in [-0.15, -0.1) is 11.3 Å². The van der Waals surface area contributed by atoms with Gasteiger partial charge in [0.2, 0.25) is 0 Å². The molecule has 1 aliphatic rings. The number of aliphatic hydroxyl groups excluding tert-OH is 1. The first kappa shape index (κ1) is 16.5. The Bertz CT molecular complexity index is 483. The van der Waals surface area contributed by atoms with Crippen LogP contribution in [0.15, 0.2) is 12.1 Å². The van der Waals surface area contributed by atoms with E-state index in [2.05, 4.69) is 37.8 Å². The van der Waals surface area contributed by atoms with Gasteiger partial charge in [0.25, 0.3) is 5.91 Å². The summed E-state index contributed by atoms with van der Waals surface area (Å²) in [5.74, 6) is -0.152. The predicted molar refractivity (Wildman–Crippen MR) is 86.6 cm³/mol. The van der Waals surface area contributed by atoms with Crippen molar-refractivity contribution in [3.8, 4) is 0 Å². The van der Waals surface area contributed by atoms with Crippen molar-refractivity contribution in [2.24, 2.45) is 0 Å². The van der Waals surface area contributed by atoms with Gasteiger partial charge < -0.3 is 10.0 Å². The molecule has 1 amide bonds. The Hall–Kier alpha value is -0.910. The topological polar surface area (TPSA) is 43.8 Å². The number of aliphatic hydroxyl groups is 1. The van der Waals surface area contributed by atoms with Crippen LogP contribution in [0.4, 0.5) is 0 Å². The molecule has 1 aliphatic heterocycles. The molecule has 118 valence electrons. The number of piperazine rings is 1. The van der Waals surface area contributed by atoms with E-state index in [9.17, 15) is 9.90 Å². The van der Waals surface area contributed by atoms with Gasteiger partial charge in [0.1, 0.15) is 6.10 Å². The molecule has 1 N–H and O–H groups in total. The Morgan fingerprint density at radius 3 is 2.38 bits per heavy atom. The first-order valence-electron chi connectivity index (χ1n) is 7.56. The smallest absolute Gasteiger partial charge is 0.251 e. The van der Waals surface area contributed by atoms with Crippen molar-refractivity contribution in [2.75, 3.05) is 26.2 Å². The minimum atomic E-state index is -0.886. The summed E-state index contributed by atoms with van der Waals surface area (Å²) in [7, 11) is 0. The van der Waals surface area contributed by atoms with Crippen LogP contribution in [0.25, 0.3) is 0 Å². The molecular weight excluding hydrogens is 284 g/mol. The standard InChI is InChI=1S/C16H26N2O2S/c1-12(19)15(20)18-9-7-17(8-10-18)11-13-5-6-14(21-13)16(2,3)4/h5-6,12,19H,7-11H2,1-4H3. The second kappa shape index (κ2) is 6.46. The molecule has 1 atom stereocenters. The van der Waals surface area contributed by atoms with E-state index < -0.39 is 6.10 Å². The normalized spacial score (nSPS) is 18.8. The van der Waals surface area contributed by atoms with Crippen molar-refractivity contribution in [3.05, 3.63) is 21.9 Å².